The van der Waals surface area contributed by atoms with Crippen molar-refractivity contribution < 1.29 is 30.0 Å². The third-order valence-electron chi connectivity index (χ3n) is 3.46. The highest BCUT2D eigenvalue weighted by Crippen LogP contribution is 2.24. The molecular formula is C14H19NO6. The maximum atomic E-state index is 11.9. The zero-order valence-corrected chi connectivity index (χ0v) is 11.6. The predicted molar refractivity (Wildman–Crippen MR) is 73.9 cm³/mol. The van der Waals surface area contributed by atoms with Crippen LogP contribution in [0.15, 0.2) is 24.3 Å². The lowest BCUT2D eigenvalue weighted by molar-refractivity contribution is -0.107. The number of cyclic esters (lactones) is 1. The van der Waals surface area contributed by atoms with E-state index in [1.54, 1.807) is 18.2 Å². The second kappa shape index (κ2) is 6.40. The van der Waals surface area contributed by atoms with Gasteiger partial charge in [0, 0.05) is 5.69 Å². The van der Waals surface area contributed by atoms with Gasteiger partial charge in [0.2, 0.25) is 0 Å². The molecule has 0 radical (unpaired) electrons. The molecule has 4 atom stereocenters. The molecule has 4 N–H and O–H groups in total. The summed E-state index contributed by atoms with van der Waals surface area (Å²) in [6.07, 6.45) is -6.17. The van der Waals surface area contributed by atoms with Gasteiger partial charge >= 0.3 is 6.09 Å². The maximum absolute atomic E-state index is 11.9. The molecule has 2 rings (SSSR count). The van der Waals surface area contributed by atoms with E-state index in [4.69, 9.17) is 9.84 Å². The van der Waals surface area contributed by atoms with Crippen LogP contribution in [-0.4, -0.2) is 64.1 Å². The molecule has 0 spiro atoms. The summed E-state index contributed by atoms with van der Waals surface area (Å²) in [6, 6.07) is 7.22. The highest BCUT2D eigenvalue weighted by atomic mass is 16.6. The summed E-state index contributed by atoms with van der Waals surface area (Å²) in [5, 5.41) is 37.7. The molecule has 1 fully saturated rings. The Balaban J connectivity index is 2.09. The normalized spacial score (nSPS) is 22.8. The number of carbonyl (C=O) groups is 1. The summed E-state index contributed by atoms with van der Waals surface area (Å²) in [5.41, 5.74) is 1.60. The van der Waals surface area contributed by atoms with Crippen LogP contribution in [0.25, 0.3) is 0 Å². The molecule has 116 valence electrons. The Morgan fingerprint density at radius 3 is 2.71 bits per heavy atom. The number of aryl methyl sites for hydroxylation is 1. The standard InChI is InChI=1S/C14H19NO6/c1-8-3-2-4-9(5-8)15-6-11(21-14(15)20)13(19)12(18)10(17)7-16/h2-5,10-13,16-19H,6-7H2,1H3. The van der Waals surface area contributed by atoms with Gasteiger partial charge in [-0.15, -0.1) is 0 Å². The van der Waals surface area contributed by atoms with Crippen LogP contribution >= 0.6 is 0 Å². The topological polar surface area (TPSA) is 110 Å². The molecule has 1 aromatic rings. The number of amides is 1. The van der Waals surface area contributed by atoms with Gasteiger partial charge in [0.25, 0.3) is 0 Å². The fourth-order valence-corrected chi connectivity index (χ4v) is 2.22. The van der Waals surface area contributed by atoms with E-state index < -0.39 is 37.1 Å². The van der Waals surface area contributed by atoms with Gasteiger partial charge in [-0.2, -0.15) is 0 Å². The number of aliphatic hydroxyl groups is 4. The van der Waals surface area contributed by atoms with Crippen molar-refractivity contribution in [2.45, 2.75) is 31.3 Å². The number of aliphatic hydroxyl groups excluding tert-OH is 4. The second-order valence-corrected chi connectivity index (χ2v) is 5.10. The number of anilines is 1. The van der Waals surface area contributed by atoms with Crippen LogP contribution in [-0.2, 0) is 4.74 Å². The summed E-state index contributed by atoms with van der Waals surface area (Å²) in [6.45, 7) is 1.25. The zero-order valence-electron chi connectivity index (χ0n) is 11.6. The van der Waals surface area contributed by atoms with Crippen molar-refractivity contribution in [3.63, 3.8) is 0 Å². The predicted octanol–water partition coefficient (Wildman–Crippen LogP) is -0.605. The van der Waals surface area contributed by atoms with E-state index in [9.17, 15) is 20.1 Å². The number of nitrogens with zero attached hydrogens (tertiary/aromatic N) is 1. The van der Waals surface area contributed by atoms with Crippen molar-refractivity contribution in [1.82, 2.24) is 0 Å². The van der Waals surface area contributed by atoms with Crippen LogP contribution in [0.2, 0.25) is 0 Å². The van der Waals surface area contributed by atoms with Crippen molar-refractivity contribution in [2.75, 3.05) is 18.1 Å². The van der Waals surface area contributed by atoms with Gasteiger partial charge in [-0.05, 0) is 24.6 Å². The van der Waals surface area contributed by atoms with Crippen LogP contribution in [0.3, 0.4) is 0 Å². The minimum atomic E-state index is -1.59. The molecular weight excluding hydrogens is 278 g/mol. The first-order valence-electron chi connectivity index (χ1n) is 6.64. The SMILES string of the molecule is Cc1cccc(N2CC(C(O)C(O)C(O)CO)OC2=O)c1. The number of hydrogen-bond donors (Lipinski definition) is 4. The zero-order chi connectivity index (χ0) is 15.6. The fraction of sp³-hybridized carbons (Fsp3) is 0.500. The fourth-order valence-electron chi connectivity index (χ4n) is 2.22. The van der Waals surface area contributed by atoms with Gasteiger partial charge < -0.3 is 25.2 Å². The Hall–Kier alpha value is -1.67. The number of ether oxygens (including phenoxy) is 1. The molecule has 1 saturated heterocycles. The third-order valence-corrected chi connectivity index (χ3v) is 3.46. The quantitative estimate of drug-likeness (QED) is 0.577. The lowest BCUT2D eigenvalue weighted by Gasteiger charge is -2.24. The van der Waals surface area contributed by atoms with Gasteiger partial charge in [0.05, 0.1) is 13.2 Å². The number of benzene rings is 1. The van der Waals surface area contributed by atoms with E-state index in [2.05, 4.69) is 0 Å². The van der Waals surface area contributed by atoms with Crippen LogP contribution in [0.4, 0.5) is 10.5 Å². The Labute approximate surface area is 122 Å². The molecule has 0 aromatic heterocycles. The summed E-state index contributed by atoms with van der Waals surface area (Å²) in [7, 11) is 0. The monoisotopic (exact) mass is 297 g/mol. The maximum Gasteiger partial charge on any atom is 0.414 e. The van der Waals surface area contributed by atoms with E-state index in [0.717, 1.165) is 5.56 Å². The van der Waals surface area contributed by atoms with E-state index in [1.165, 1.54) is 4.90 Å². The Morgan fingerprint density at radius 2 is 2.10 bits per heavy atom. The molecule has 0 bridgehead atoms. The van der Waals surface area contributed by atoms with Crippen molar-refractivity contribution in [1.29, 1.82) is 0 Å². The molecule has 7 nitrogen and oxygen atoms in total. The van der Waals surface area contributed by atoms with Gasteiger partial charge in [-0.25, -0.2) is 4.79 Å². The molecule has 1 aliphatic rings. The molecule has 4 unspecified atom stereocenters. The Morgan fingerprint density at radius 1 is 1.38 bits per heavy atom. The highest BCUT2D eigenvalue weighted by molar-refractivity contribution is 5.89. The number of hydrogen-bond acceptors (Lipinski definition) is 6. The first-order valence-corrected chi connectivity index (χ1v) is 6.64. The molecule has 0 saturated carbocycles. The van der Waals surface area contributed by atoms with Crippen LogP contribution < -0.4 is 4.90 Å². The summed E-state index contributed by atoms with van der Waals surface area (Å²) < 4.78 is 5.03. The van der Waals surface area contributed by atoms with Gasteiger partial charge in [-0.1, -0.05) is 12.1 Å². The number of carbonyl (C=O) groups excluding carboxylic acids is 1. The molecule has 1 aromatic carbocycles. The van der Waals surface area contributed by atoms with Crippen molar-refractivity contribution in [2.24, 2.45) is 0 Å². The summed E-state index contributed by atoms with van der Waals surface area (Å²) >= 11 is 0. The van der Waals surface area contributed by atoms with Crippen molar-refractivity contribution >= 4 is 11.8 Å². The smallest absolute Gasteiger partial charge is 0.414 e. The Kier molecular flexibility index (Phi) is 4.79. The molecule has 0 aliphatic carbocycles. The summed E-state index contributed by atoms with van der Waals surface area (Å²) in [5.74, 6) is 0. The second-order valence-electron chi connectivity index (χ2n) is 5.10. The molecule has 1 aliphatic heterocycles. The average Bonchev–Trinajstić information content (AvgIpc) is 2.86. The number of rotatable bonds is 5. The van der Waals surface area contributed by atoms with Crippen LogP contribution in [0, 0.1) is 6.92 Å². The largest absolute Gasteiger partial charge is 0.441 e. The lowest BCUT2D eigenvalue weighted by atomic mass is 10.0. The Bertz CT molecular complexity index is 508. The highest BCUT2D eigenvalue weighted by Gasteiger charge is 2.41. The van der Waals surface area contributed by atoms with E-state index in [0.29, 0.717) is 5.69 Å². The molecule has 1 amide bonds. The summed E-state index contributed by atoms with van der Waals surface area (Å²) in [4.78, 5) is 13.2. The van der Waals surface area contributed by atoms with E-state index >= 15 is 0 Å². The molecule has 7 heteroatoms. The van der Waals surface area contributed by atoms with Crippen molar-refractivity contribution in [3.05, 3.63) is 29.8 Å². The molecule has 21 heavy (non-hydrogen) atoms. The first kappa shape index (κ1) is 15.7. The first-order chi connectivity index (χ1) is 9.93. The average molecular weight is 297 g/mol. The lowest BCUT2D eigenvalue weighted by Crippen LogP contribution is -2.47. The van der Waals surface area contributed by atoms with Crippen molar-refractivity contribution in [3.8, 4) is 0 Å². The minimum absolute atomic E-state index is 0.0542. The van der Waals surface area contributed by atoms with Gasteiger partial charge in [0.1, 0.15) is 18.3 Å². The van der Waals surface area contributed by atoms with E-state index in [-0.39, 0.29) is 6.54 Å². The van der Waals surface area contributed by atoms with Gasteiger partial charge in [-0.3, -0.25) is 4.90 Å². The van der Waals surface area contributed by atoms with Gasteiger partial charge in [0.15, 0.2) is 6.10 Å². The van der Waals surface area contributed by atoms with Crippen LogP contribution in [0.1, 0.15) is 5.56 Å². The van der Waals surface area contributed by atoms with E-state index in [1.807, 2.05) is 13.0 Å². The molecule has 1 heterocycles. The van der Waals surface area contributed by atoms with Crippen LogP contribution in [0.5, 0.6) is 0 Å². The third kappa shape index (κ3) is 3.33. The minimum Gasteiger partial charge on any atom is -0.441 e.